The van der Waals surface area contributed by atoms with Gasteiger partial charge in [0.2, 0.25) is 11.8 Å². The van der Waals surface area contributed by atoms with Gasteiger partial charge in [-0.25, -0.2) is 0 Å². The van der Waals surface area contributed by atoms with Gasteiger partial charge >= 0.3 is 0 Å². The van der Waals surface area contributed by atoms with Crippen molar-refractivity contribution in [2.45, 2.75) is 49.3 Å². The first-order valence-corrected chi connectivity index (χ1v) is 17.1. The fourth-order valence-electron chi connectivity index (χ4n) is 8.18. The van der Waals surface area contributed by atoms with Crippen molar-refractivity contribution >= 4 is 51.6 Å². The van der Waals surface area contributed by atoms with E-state index in [9.17, 15) is 14.7 Å². The van der Waals surface area contributed by atoms with Crippen LogP contribution in [0.5, 0.6) is 0 Å². The molecule has 6 rings (SSSR count). The lowest BCUT2D eigenvalue weighted by Crippen LogP contribution is -2.60. The third kappa shape index (κ3) is 4.97. The third-order valence-electron chi connectivity index (χ3n) is 10.3. The van der Waals surface area contributed by atoms with E-state index < -0.39 is 28.7 Å². The quantitative estimate of drug-likeness (QED) is 0.264. The van der Waals surface area contributed by atoms with Gasteiger partial charge < -0.3 is 19.8 Å². The summed E-state index contributed by atoms with van der Waals surface area (Å²) >= 11 is 1.65. The average molecular weight is 638 g/mol. The standard InChI is InChI=1S/C38H43N3O4S/c1-6-19-39(28-15-9-8-10-16-28)35(43)32-31-21-25(5)38(46-31)33(32)36(44)41(30(23-42)24(3)4)34(38)37(45)40(20-7-2)29-18-17-26-13-11-12-14-27(26)22-29/h6-18,22,24-25,30-34,42H,1-2,19-21,23H2,3-5H3/t25?,30-,31+,32-,33-,34?,38?/m0/s1. The number of nitrogens with zero attached hydrogens (tertiary/aromatic N) is 3. The molecule has 3 unspecified atom stereocenters. The SMILES string of the molecule is C=CCN(C(=O)C1N([C@@H](CO)C(C)C)C(=O)[C@@H]2[C@@H](C(=O)N(CC=C)c3ccccc3)[C@H]3CC(C)C12S3)c1ccc2ccccc2c1. The minimum atomic E-state index is -0.858. The zero-order valence-electron chi connectivity index (χ0n) is 26.8. The number of aliphatic hydroxyl groups excluding tert-OH is 1. The molecule has 1 spiro atoms. The van der Waals surface area contributed by atoms with Crippen LogP contribution in [0, 0.1) is 23.7 Å². The van der Waals surface area contributed by atoms with Crippen molar-refractivity contribution in [3.05, 3.63) is 98.1 Å². The molecule has 46 heavy (non-hydrogen) atoms. The number of hydrogen-bond donors (Lipinski definition) is 1. The van der Waals surface area contributed by atoms with Gasteiger partial charge in [-0.15, -0.1) is 24.9 Å². The number of benzene rings is 3. The van der Waals surface area contributed by atoms with Crippen LogP contribution in [0.3, 0.4) is 0 Å². The molecule has 240 valence electrons. The molecular weight excluding hydrogens is 595 g/mol. The van der Waals surface area contributed by atoms with Gasteiger partial charge in [-0.05, 0) is 53.3 Å². The minimum absolute atomic E-state index is 0.00211. The molecular formula is C38H43N3O4S. The Kier molecular flexibility index (Phi) is 8.87. The second kappa shape index (κ2) is 12.7. The van der Waals surface area contributed by atoms with E-state index in [1.807, 2.05) is 86.6 Å². The summed E-state index contributed by atoms with van der Waals surface area (Å²) < 4.78 is -0.825. The van der Waals surface area contributed by atoms with Crippen molar-refractivity contribution in [2.75, 3.05) is 29.5 Å². The Morgan fingerprint density at radius 2 is 1.59 bits per heavy atom. The van der Waals surface area contributed by atoms with Crippen LogP contribution in [0.15, 0.2) is 98.1 Å². The Morgan fingerprint density at radius 3 is 2.22 bits per heavy atom. The smallest absolute Gasteiger partial charge is 0.251 e. The number of rotatable bonds is 11. The number of hydrogen-bond acceptors (Lipinski definition) is 5. The Hall–Kier alpha value is -3.88. The first-order chi connectivity index (χ1) is 22.2. The topological polar surface area (TPSA) is 81.2 Å². The van der Waals surface area contributed by atoms with Crippen molar-refractivity contribution in [2.24, 2.45) is 23.7 Å². The van der Waals surface area contributed by atoms with Gasteiger partial charge in [-0.2, -0.15) is 0 Å². The predicted octanol–water partition coefficient (Wildman–Crippen LogP) is 5.93. The number of anilines is 2. The first kappa shape index (κ1) is 32.1. The maximum absolute atomic E-state index is 15.2. The Morgan fingerprint density at radius 1 is 0.957 bits per heavy atom. The molecule has 1 N–H and O–H groups in total. The molecule has 3 aliphatic heterocycles. The third-order valence-corrected chi connectivity index (χ3v) is 12.4. The van der Waals surface area contributed by atoms with Gasteiger partial charge in [-0.3, -0.25) is 14.4 Å². The monoisotopic (exact) mass is 637 g/mol. The lowest BCUT2D eigenvalue weighted by atomic mass is 9.65. The van der Waals surface area contributed by atoms with Crippen molar-refractivity contribution in [3.8, 4) is 0 Å². The Bertz CT molecular complexity index is 1660. The van der Waals surface area contributed by atoms with Gasteiger partial charge in [0, 0.05) is 29.7 Å². The highest BCUT2D eigenvalue weighted by molar-refractivity contribution is 8.02. The summed E-state index contributed by atoms with van der Waals surface area (Å²) in [6, 6.07) is 22.0. The average Bonchev–Trinajstić information content (AvgIpc) is 3.66. The molecule has 3 fully saturated rings. The summed E-state index contributed by atoms with van der Waals surface area (Å²) in [5, 5.41) is 12.7. The summed E-state index contributed by atoms with van der Waals surface area (Å²) in [6.07, 6.45) is 4.13. The maximum atomic E-state index is 15.2. The van der Waals surface area contributed by atoms with Gasteiger partial charge in [0.1, 0.15) is 6.04 Å². The summed E-state index contributed by atoms with van der Waals surface area (Å²) in [5.41, 5.74) is 1.47. The fourth-order valence-corrected chi connectivity index (χ4v) is 10.6. The van der Waals surface area contributed by atoms with Gasteiger partial charge in [0.25, 0.3) is 5.91 Å². The van der Waals surface area contributed by atoms with Crippen LogP contribution in [0.2, 0.25) is 0 Å². The molecule has 2 bridgehead atoms. The van der Waals surface area contributed by atoms with E-state index in [-0.39, 0.29) is 48.0 Å². The van der Waals surface area contributed by atoms with E-state index in [0.717, 1.165) is 28.6 Å². The van der Waals surface area contributed by atoms with Crippen LogP contribution in [0.4, 0.5) is 11.4 Å². The second-order valence-electron chi connectivity index (χ2n) is 13.1. The molecule has 8 heteroatoms. The highest BCUT2D eigenvalue weighted by Gasteiger charge is 2.77. The highest BCUT2D eigenvalue weighted by Crippen LogP contribution is 2.69. The van der Waals surface area contributed by atoms with E-state index >= 15 is 4.79 Å². The van der Waals surface area contributed by atoms with Crippen molar-refractivity contribution in [3.63, 3.8) is 0 Å². The Labute approximate surface area is 275 Å². The largest absolute Gasteiger partial charge is 0.394 e. The van der Waals surface area contributed by atoms with Gasteiger partial charge in [0.05, 0.1) is 29.2 Å². The molecule has 3 heterocycles. The van der Waals surface area contributed by atoms with Crippen molar-refractivity contribution in [1.82, 2.24) is 4.90 Å². The molecule has 0 saturated carbocycles. The minimum Gasteiger partial charge on any atom is -0.394 e. The molecule has 7 nitrogen and oxygen atoms in total. The first-order valence-electron chi connectivity index (χ1n) is 16.2. The summed E-state index contributed by atoms with van der Waals surface area (Å²) in [6.45, 7) is 14.2. The number of carbonyl (C=O) groups is 3. The van der Waals surface area contributed by atoms with Gasteiger partial charge in [0.15, 0.2) is 0 Å². The van der Waals surface area contributed by atoms with Gasteiger partial charge in [-0.1, -0.05) is 81.5 Å². The fraction of sp³-hybridized carbons (Fsp3) is 0.395. The van der Waals surface area contributed by atoms with Crippen LogP contribution in [0.25, 0.3) is 10.8 Å². The molecule has 3 aromatic rings. The molecule has 3 saturated heterocycles. The Balaban J connectivity index is 1.47. The van der Waals surface area contributed by atoms with E-state index in [2.05, 4.69) is 20.1 Å². The van der Waals surface area contributed by atoms with E-state index in [4.69, 9.17) is 0 Å². The molecule has 0 aromatic heterocycles. The molecule has 7 atom stereocenters. The summed E-state index contributed by atoms with van der Waals surface area (Å²) in [4.78, 5) is 49.7. The van der Waals surface area contributed by atoms with Crippen LogP contribution in [-0.4, -0.2) is 69.5 Å². The summed E-state index contributed by atoms with van der Waals surface area (Å²) in [7, 11) is 0. The summed E-state index contributed by atoms with van der Waals surface area (Å²) in [5.74, 6) is -1.95. The lowest BCUT2D eigenvalue weighted by molar-refractivity contribution is -0.142. The highest BCUT2D eigenvalue weighted by atomic mass is 32.2. The number of aliphatic hydroxyl groups is 1. The number of para-hydroxylation sites is 1. The predicted molar refractivity (Wildman–Crippen MR) is 187 cm³/mol. The van der Waals surface area contributed by atoms with Crippen LogP contribution < -0.4 is 9.80 Å². The number of likely N-dealkylation sites (tertiary alicyclic amines) is 1. The second-order valence-corrected chi connectivity index (χ2v) is 14.7. The van der Waals surface area contributed by atoms with Crippen LogP contribution in [-0.2, 0) is 14.4 Å². The number of amides is 3. The van der Waals surface area contributed by atoms with Crippen LogP contribution in [0.1, 0.15) is 27.2 Å². The zero-order chi connectivity index (χ0) is 32.7. The van der Waals surface area contributed by atoms with E-state index in [1.54, 1.807) is 38.6 Å². The normalized spacial score (nSPS) is 27.1. The molecule has 3 amide bonds. The van der Waals surface area contributed by atoms with Crippen molar-refractivity contribution in [1.29, 1.82) is 0 Å². The maximum Gasteiger partial charge on any atom is 0.251 e. The molecule has 0 aliphatic carbocycles. The van der Waals surface area contributed by atoms with Crippen LogP contribution >= 0.6 is 11.8 Å². The molecule has 3 aliphatic rings. The number of carbonyl (C=O) groups excluding carboxylic acids is 3. The molecule has 3 aromatic carbocycles. The lowest BCUT2D eigenvalue weighted by Gasteiger charge is -2.43. The zero-order valence-corrected chi connectivity index (χ0v) is 27.6. The van der Waals surface area contributed by atoms with Crippen molar-refractivity contribution < 1.29 is 19.5 Å². The molecule has 0 radical (unpaired) electrons. The van der Waals surface area contributed by atoms with E-state index in [0.29, 0.717) is 6.54 Å². The van der Waals surface area contributed by atoms with E-state index in [1.165, 1.54) is 0 Å². The number of thioether (sulfide) groups is 1. The number of fused-ring (bicyclic) bond motifs is 2.